The van der Waals surface area contributed by atoms with Gasteiger partial charge in [0.2, 0.25) is 5.91 Å². The lowest BCUT2D eigenvalue weighted by Crippen LogP contribution is -2.34. The van der Waals surface area contributed by atoms with Crippen LogP contribution in [0.4, 0.5) is 5.69 Å². The van der Waals surface area contributed by atoms with Crippen molar-refractivity contribution in [1.29, 1.82) is 0 Å². The number of hydrogen-bond acceptors (Lipinski definition) is 4. The lowest BCUT2D eigenvalue weighted by molar-refractivity contribution is -0.123. The van der Waals surface area contributed by atoms with E-state index in [0.29, 0.717) is 13.1 Å². The number of carbonyl (C=O) groups is 2. The number of amides is 2. The number of benzene rings is 3. The molecule has 1 aromatic heterocycles. The number of aryl methyl sites for hydroxylation is 3. The average Bonchev–Trinajstić information content (AvgIpc) is 3.29. The number of likely N-dealkylation sites (N-methyl/N-ethyl adjacent to an activating group) is 1. The second-order valence-electron chi connectivity index (χ2n) is 9.79. The van der Waals surface area contributed by atoms with Gasteiger partial charge in [0.1, 0.15) is 18.1 Å². The van der Waals surface area contributed by atoms with Gasteiger partial charge in [0.15, 0.2) is 6.61 Å². The molecule has 0 aliphatic carbocycles. The molecular weight excluding hydrogens is 488 g/mol. The number of carbonyl (C=O) groups excluding carboxylic acids is 2. The van der Waals surface area contributed by atoms with E-state index in [4.69, 9.17) is 9.72 Å². The van der Waals surface area contributed by atoms with Gasteiger partial charge < -0.3 is 19.5 Å². The average molecular weight is 527 g/mol. The topological polar surface area (TPSA) is 76.5 Å². The molecule has 7 nitrogen and oxygen atoms in total. The summed E-state index contributed by atoms with van der Waals surface area (Å²) in [4.78, 5) is 32.2. The van der Waals surface area contributed by atoms with Crippen molar-refractivity contribution < 1.29 is 14.3 Å². The van der Waals surface area contributed by atoms with Gasteiger partial charge in [0.25, 0.3) is 5.91 Å². The van der Waals surface area contributed by atoms with Crippen LogP contribution in [0, 0.1) is 13.8 Å². The molecule has 0 saturated heterocycles. The number of rotatable bonds is 13. The standard InChI is InChI=1S/C32H38N4O3/c1-4-35(26-13-7-5-8-14-26)32(38)22-36-28-16-11-10-15-27(28)34-30(36)17-9-6-12-20-33-31(37)23-39-29-21-24(2)18-19-25(29)3/h5,7-8,10-11,13-16,18-19,21H,4,6,9,12,17,20,22-23H2,1-3H3,(H,33,37). The number of ether oxygens (including phenoxy) is 1. The van der Waals surface area contributed by atoms with Crippen molar-refractivity contribution in [2.24, 2.45) is 0 Å². The van der Waals surface area contributed by atoms with Crippen LogP contribution < -0.4 is 15.0 Å². The maximum atomic E-state index is 13.3. The molecule has 0 unspecified atom stereocenters. The fraction of sp³-hybridized carbons (Fsp3) is 0.344. The van der Waals surface area contributed by atoms with Gasteiger partial charge in [-0.15, -0.1) is 0 Å². The molecule has 4 rings (SSSR count). The van der Waals surface area contributed by atoms with E-state index in [1.54, 1.807) is 0 Å². The molecule has 1 N–H and O–H groups in total. The second-order valence-corrected chi connectivity index (χ2v) is 9.79. The van der Waals surface area contributed by atoms with E-state index in [1.165, 1.54) is 0 Å². The molecular formula is C32H38N4O3. The second kappa shape index (κ2) is 13.6. The van der Waals surface area contributed by atoms with Gasteiger partial charge in [0, 0.05) is 25.2 Å². The number of para-hydroxylation sites is 3. The summed E-state index contributed by atoms with van der Waals surface area (Å²) in [6, 6.07) is 23.7. The summed E-state index contributed by atoms with van der Waals surface area (Å²) in [5.74, 6) is 1.59. The molecule has 0 aliphatic rings. The van der Waals surface area contributed by atoms with Crippen molar-refractivity contribution in [3.63, 3.8) is 0 Å². The number of fused-ring (bicyclic) bond motifs is 1. The summed E-state index contributed by atoms with van der Waals surface area (Å²) in [5, 5.41) is 2.94. The van der Waals surface area contributed by atoms with Gasteiger partial charge >= 0.3 is 0 Å². The van der Waals surface area contributed by atoms with Crippen LogP contribution in [0.25, 0.3) is 11.0 Å². The molecule has 3 aromatic carbocycles. The zero-order chi connectivity index (χ0) is 27.6. The van der Waals surface area contributed by atoms with Crippen LogP contribution in [0.3, 0.4) is 0 Å². The van der Waals surface area contributed by atoms with Crippen molar-refractivity contribution in [3.8, 4) is 5.75 Å². The van der Waals surface area contributed by atoms with E-state index in [9.17, 15) is 9.59 Å². The molecule has 4 aromatic rings. The Labute approximate surface area is 230 Å². The van der Waals surface area contributed by atoms with E-state index in [2.05, 4.69) is 9.88 Å². The molecule has 39 heavy (non-hydrogen) atoms. The van der Waals surface area contributed by atoms with E-state index in [1.807, 2.05) is 98.5 Å². The maximum absolute atomic E-state index is 13.3. The van der Waals surface area contributed by atoms with Crippen molar-refractivity contribution in [1.82, 2.24) is 14.9 Å². The monoisotopic (exact) mass is 526 g/mol. The van der Waals surface area contributed by atoms with Gasteiger partial charge in [-0.25, -0.2) is 4.98 Å². The van der Waals surface area contributed by atoms with Crippen LogP contribution in [-0.2, 0) is 22.6 Å². The predicted octanol–water partition coefficient (Wildman–Crippen LogP) is 5.61. The Bertz CT molecular complexity index is 1400. The zero-order valence-corrected chi connectivity index (χ0v) is 23.2. The fourth-order valence-electron chi connectivity index (χ4n) is 4.69. The minimum atomic E-state index is -0.116. The molecule has 0 fully saturated rings. The number of hydrogen-bond donors (Lipinski definition) is 1. The van der Waals surface area contributed by atoms with Gasteiger partial charge in [-0.1, -0.05) is 48.9 Å². The van der Waals surface area contributed by atoms with E-state index < -0.39 is 0 Å². The molecule has 0 saturated carbocycles. The first kappa shape index (κ1) is 27.9. The Hall–Kier alpha value is -4.13. The van der Waals surface area contributed by atoms with Gasteiger partial charge in [-0.2, -0.15) is 0 Å². The van der Waals surface area contributed by atoms with E-state index >= 15 is 0 Å². The highest BCUT2D eigenvalue weighted by Crippen LogP contribution is 2.21. The van der Waals surface area contributed by atoms with Crippen molar-refractivity contribution >= 4 is 28.5 Å². The largest absolute Gasteiger partial charge is 0.483 e. The number of nitrogens with zero attached hydrogens (tertiary/aromatic N) is 3. The lowest BCUT2D eigenvalue weighted by atomic mass is 10.1. The van der Waals surface area contributed by atoms with Crippen LogP contribution in [0.1, 0.15) is 43.1 Å². The summed E-state index contributed by atoms with van der Waals surface area (Å²) in [5.41, 5.74) is 4.90. The van der Waals surface area contributed by atoms with Gasteiger partial charge in [0.05, 0.1) is 11.0 Å². The number of unbranched alkanes of at least 4 members (excludes halogenated alkanes) is 2. The minimum Gasteiger partial charge on any atom is -0.483 e. The molecule has 7 heteroatoms. The summed E-state index contributed by atoms with van der Waals surface area (Å²) < 4.78 is 7.74. The Morgan fingerprint density at radius 1 is 0.949 bits per heavy atom. The summed E-state index contributed by atoms with van der Waals surface area (Å²) in [6.07, 6.45) is 3.50. The van der Waals surface area contributed by atoms with Crippen LogP contribution in [0.5, 0.6) is 5.75 Å². The lowest BCUT2D eigenvalue weighted by Gasteiger charge is -2.22. The summed E-state index contributed by atoms with van der Waals surface area (Å²) in [7, 11) is 0. The molecule has 0 radical (unpaired) electrons. The maximum Gasteiger partial charge on any atom is 0.257 e. The third kappa shape index (κ3) is 7.47. The van der Waals surface area contributed by atoms with E-state index in [0.717, 1.165) is 65.1 Å². The molecule has 0 aliphatic heterocycles. The Kier molecular flexibility index (Phi) is 9.73. The molecule has 204 valence electrons. The quantitative estimate of drug-likeness (QED) is 0.230. The van der Waals surface area contributed by atoms with Crippen molar-refractivity contribution in [3.05, 3.63) is 89.7 Å². The number of aromatic nitrogens is 2. The smallest absolute Gasteiger partial charge is 0.257 e. The third-order valence-electron chi connectivity index (χ3n) is 6.81. The SMILES string of the molecule is CCN(C(=O)Cn1c(CCCCCNC(=O)COc2cc(C)ccc2C)nc2ccccc21)c1ccccc1. The number of anilines is 1. The summed E-state index contributed by atoms with van der Waals surface area (Å²) in [6.45, 7) is 7.43. The first-order valence-corrected chi connectivity index (χ1v) is 13.7. The van der Waals surface area contributed by atoms with Crippen LogP contribution >= 0.6 is 0 Å². The van der Waals surface area contributed by atoms with Crippen molar-refractivity contribution in [2.45, 2.75) is 53.0 Å². The molecule has 1 heterocycles. The fourth-order valence-corrected chi connectivity index (χ4v) is 4.69. The van der Waals surface area contributed by atoms with E-state index in [-0.39, 0.29) is 25.0 Å². The highest BCUT2D eigenvalue weighted by molar-refractivity contribution is 5.94. The number of imidazole rings is 1. The molecule has 0 spiro atoms. The minimum absolute atomic E-state index is 0.0140. The van der Waals surface area contributed by atoms with Gasteiger partial charge in [-0.05, 0) is 75.1 Å². The van der Waals surface area contributed by atoms with Crippen LogP contribution in [0.15, 0.2) is 72.8 Å². The first-order valence-electron chi connectivity index (χ1n) is 13.7. The van der Waals surface area contributed by atoms with Crippen molar-refractivity contribution in [2.75, 3.05) is 24.6 Å². The molecule has 2 amide bonds. The Balaban J connectivity index is 1.27. The normalized spacial score (nSPS) is 10.9. The highest BCUT2D eigenvalue weighted by Gasteiger charge is 2.18. The third-order valence-corrected chi connectivity index (χ3v) is 6.81. The van der Waals surface area contributed by atoms with Gasteiger partial charge in [-0.3, -0.25) is 9.59 Å². The van der Waals surface area contributed by atoms with Crippen LogP contribution in [0.2, 0.25) is 0 Å². The number of nitrogens with one attached hydrogen (secondary N) is 1. The van der Waals surface area contributed by atoms with Crippen LogP contribution in [-0.4, -0.2) is 41.1 Å². The zero-order valence-electron chi connectivity index (χ0n) is 23.2. The predicted molar refractivity (Wildman–Crippen MR) is 156 cm³/mol. The highest BCUT2D eigenvalue weighted by atomic mass is 16.5. The Morgan fingerprint density at radius 3 is 2.51 bits per heavy atom. The molecule has 0 bridgehead atoms. The first-order chi connectivity index (χ1) is 19.0. The summed E-state index contributed by atoms with van der Waals surface area (Å²) >= 11 is 0. The molecule has 0 atom stereocenters. The Morgan fingerprint density at radius 2 is 1.72 bits per heavy atom.